The van der Waals surface area contributed by atoms with Gasteiger partial charge in [-0.1, -0.05) is 31.0 Å². The van der Waals surface area contributed by atoms with E-state index in [0.717, 1.165) is 24.6 Å². The van der Waals surface area contributed by atoms with Crippen molar-refractivity contribution in [2.45, 2.75) is 38.5 Å². The largest absolute Gasteiger partial charge is 0.504 e. The Balaban J connectivity index is 1.85. The van der Waals surface area contributed by atoms with E-state index in [9.17, 15) is 5.11 Å². The highest BCUT2D eigenvalue weighted by molar-refractivity contribution is 5.66. The number of phenols is 1. The van der Waals surface area contributed by atoms with Gasteiger partial charge in [0.1, 0.15) is 0 Å². The quantitative estimate of drug-likeness (QED) is 0.931. The highest BCUT2D eigenvalue weighted by Gasteiger charge is 2.25. The summed E-state index contributed by atoms with van der Waals surface area (Å²) in [6.45, 7) is 2.28. The first-order valence-corrected chi connectivity index (χ1v) is 7.39. The van der Waals surface area contributed by atoms with Gasteiger partial charge in [0.15, 0.2) is 17.3 Å². The summed E-state index contributed by atoms with van der Waals surface area (Å²) in [5.74, 6) is 2.69. The van der Waals surface area contributed by atoms with Gasteiger partial charge in [0.25, 0.3) is 5.89 Å². The normalized spacial score (nSPS) is 22.2. The van der Waals surface area contributed by atoms with Crippen LogP contribution < -0.4 is 4.74 Å². The summed E-state index contributed by atoms with van der Waals surface area (Å²) < 4.78 is 10.4. The summed E-state index contributed by atoms with van der Waals surface area (Å²) in [6, 6.07) is 5.23. The molecule has 1 aromatic carbocycles. The third-order valence-corrected chi connectivity index (χ3v) is 4.27. The molecule has 0 atom stereocenters. The second-order valence-corrected chi connectivity index (χ2v) is 5.77. The molecule has 5 nitrogen and oxygen atoms in total. The van der Waals surface area contributed by atoms with Crippen LogP contribution in [0.2, 0.25) is 0 Å². The minimum atomic E-state index is 0.0347. The molecule has 0 bridgehead atoms. The van der Waals surface area contributed by atoms with Crippen molar-refractivity contribution in [2.24, 2.45) is 5.92 Å². The molecule has 1 saturated carbocycles. The molecule has 1 aliphatic rings. The number of methoxy groups -OCH3 is 1. The van der Waals surface area contributed by atoms with E-state index in [4.69, 9.17) is 9.26 Å². The molecule has 0 amide bonds. The van der Waals surface area contributed by atoms with E-state index < -0.39 is 0 Å². The SMILES string of the molecule is COc1cccc(-c2nc(C3CCC(C)CC3)no2)c1O. The van der Waals surface area contributed by atoms with E-state index in [0.29, 0.717) is 23.1 Å². The Labute approximate surface area is 123 Å². The summed E-state index contributed by atoms with van der Waals surface area (Å²) in [5.41, 5.74) is 0.511. The van der Waals surface area contributed by atoms with Crippen LogP contribution in [0.25, 0.3) is 11.5 Å². The Bertz CT molecular complexity index is 616. The molecule has 0 spiro atoms. The zero-order chi connectivity index (χ0) is 14.8. The van der Waals surface area contributed by atoms with Crippen molar-refractivity contribution < 1.29 is 14.4 Å². The monoisotopic (exact) mass is 288 g/mol. The summed E-state index contributed by atoms with van der Waals surface area (Å²) in [5, 5.41) is 14.2. The van der Waals surface area contributed by atoms with Gasteiger partial charge >= 0.3 is 0 Å². The van der Waals surface area contributed by atoms with Crippen molar-refractivity contribution in [3.05, 3.63) is 24.0 Å². The number of hydrogen-bond donors (Lipinski definition) is 1. The fourth-order valence-corrected chi connectivity index (χ4v) is 2.89. The molecule has 1 N–H and O–H groups in total. The third-order valence-electron chi connectivity index (χ3n) is 4.27. The Hall–Kier alpha value is -2.04. The summed E-state index contributed by atoms with van der Waals surface area (Å²) >= 11 is 0. The van der Waals surface area contributed by atoms with Gasteiger partial charge in [-0.3, -0.25) is 0 Å². The van der Waals surface area contributed by atoms with Gasteiger partial charge in [-0.2, -0.15) is 4.98 Å². The number of nitrogens with zero attached hydrogens (tertiary/aromatic N) is 2. The van der Waals surface area contributed by atoms with Crippen LogP contribution in [0.5, 0.6) is 11.5 Å². The van der Waals surface area contributed by atoms with Gasteiger partial charge in [0.05, 0.1) is 12.7 Å². The number of hydrogen-bond acceptors (Lipinski definition) is 5. The lowest BCUT2D eigenvalue weighted by Gasteiger charge is -2.23. The first kappa shape index (κ1) is 13.9. The third kappa shape index (κ3) is 2.73. The molecule has 5 heteroatoms. The number of benzene rings is 1. The van der Waals surface area contributed by atoms with E-state index in [1.54, 1.807) is 18.2 Å². The van der Waals surface area contributed by atoms with Crippen molar-refractivity contribution in [3.63, 3.8) is 0 Å². The lowest BCUT2D eigenvalue weighted by Crippen LogP contribution is -2.11. The number of rotatable bonds is 3. The van der Waals surface area contributed by atoms with Crippen molar-refractivity contribution in [2.75, 3.05) is 7.11 Å². The second-order valence-electron chi connectivity index (χ2n) is 5.77. The topological polar surface area (TPSA) is 68.4 Å². The average molecular weight is 288 g/mol. The van der Waals surface area contributed by atoms with E-state index in [-0.39, 0.29) is 5.75 Å². The summed E-state index contributed by atoms with van der Waals surface area (Å²) in [7, 11) is 1.52. The lowest BCUT2D eigenvalue weighted by molar-refractivity contribution is 0.328. The van der Waals surface area contributed by atoms with Gasteiger partial charge in [-0.25, -0.2) is 0 Å². The van der Waals surface area contributed by atoms with Crippen molar-refractivity contribution in [3.8, 4) is 23.0 Å². The van der Waals surface area contributed by atoms with E-state index in [1.165, 1.54) is 20.0 Å². The van der Waals surface area contributed by atoms with Crippen LogP contribution in [-0.2, 0) is 0 Å². The number of aromatic hydroxyl groups is 1. The maximum Gasteiger partial charge on any atom is 0.261 e. The maximum absolute atomic E-state index is 10.1. The summed E-state index contributed by atoms with van der Waals surface area (Å²) in [6.07, 6.45) is 4.62. The molecule has 2 aromatic rings. The Kier molecular flexibility index (Phi) is 3.82. The van der Waals surface area contributed by atoms with Crippen molar-refractivity contribution >= 4 is 0 Å². The molecule has 0 aliphatic heterocycles. The Morgan fingerprint density at radius 1 is 1.24 bits per heavy atom. The van der Waals surface area contributed by atoms with Crippen molar-refractivity contribution in [1.82, 2.24) is 10.1 Å². The average Bonchev–Trinajstić information content (AvgIpc) is 2.98. The Morgan fingerprint density at radius 3 is 2.71 bits per heavy atom. The number of aromatic nitrogens is 2. The van der Waals surface area contributed by atoms with Crippen LogP contribution in [0.4, 0.5) is 0 Å². The van der Waals surface area contributed by atoms with Gasteiger partial charge in [-0.05, 0) is 30.9 Å². The molecular weight excluding hydrogens is 268 g/mol. The number of phenolic OH excluding ortho intramolecular Hbond substituents is 1. The fourth-order valence-electron chi connectivity index (χ4n) is 2.89. The number of para-hydroxylation sites is 1. The predicted octanol–water partition coefficient (Wildman–Crippen LogP) is 3.74. The number of ether oxygens (including phenoxy) is 1. The van der Waals surface area contributed by atoms with Crippen LogP contribution in [-0.4, -0.2) is 22.4 Å². The second kappa shape index (κ2) is 5.76. The molecule has 0 unspecified atom stereocenters. The van der Waals surface area contributed by atoms with E-state index in [1.807, 2.05) is 0 Å². The van der Waals surface area contributed by atoms with Gasteiger partial charge in [0, 0.05) is 5.92 Å². The first-order chi connectivity index (χ1) is 10.2. The van der Waals surface area contributed by atoms with Gasteiger partial charge in [-0.15, -0.1) is 0 Å². The molecule has 21 heavy (non-hydrogen) atoms. The van der Waals surface area contributed by atoms with E-state index >= 15 is 0 Å². The maximum atomic E-state index is 10.1. The molecule has 0 radical (unpaired) electrons. The van der Waals surface area contributed by atoms with Gasteiger partial charge < -0.3 is 14.4 Å². The standard InChI is InChI=1S/C16H20N2O3/c1-10-6-8-11(9-7-10)15-17-16(21-18-15)12-4-3-5-13(20-2)14(12)19/h3-5,10-11,19H,6-9H2,1-2H3. The van der Waals surface area contributed by atoms with Gasteiger partial charge in [0.2, 0.25) is 0 Å². The fraction of sp³-hybridized carbons (Fsp3) is 0.500. The van der Waals surface area contributed by atoms with Crippen LogP contribution in [0.15, 0.2) is 22.7 Å². The van der Waals surface area contributed by atoms with Crippen LogP contribution in [0, 0.1) is 5.92 Å². The zero-order valence-corrected chi connectivity index (χ0v) is 12.4. The minimum absolute atomic E-state index is 0.0347. The van der Waals surface area contributed by atoms with Crippen molar-refractivity contribution in [1.29, 1.82) is 0 Å². The smallest absolute Gasteiger partial charge is 0.261 e. The summed E-state index contributed by atoms with van der Waals surface area (Å²) in [4.78, 5) is 4.47. The zero-order valence-electron chi connectivity index (χ0n) is 12.4. The predicted molar refractivity (Wildman–Crippen MR) is 78.3 cm³/mol. The highest BCUT2D eigenvalue weighted by Crippen LogP contribution is 2.38. The Morgan fingerprint density at radius 2 is 2.00 bits per heavy atom. The molecule has 3 rings (SSSR count). The molecule has 1 aromatic heterocycles. The van der Waals surface area contributed by atoms with Crippen LogP contribution >= 0.6 is 0 Å². The molecule has 1 fully saturated rings. The van der Waals surface area contributed by atoms with Crippen LogP contribution in [0.3, 0.4) is 0 Å². The first-order valence-electron chi connectivity index (χ1n) is 7.39. The molecule has 1 aliphatic carbocycles. The molecule has 0 saturated heterocycles. The van der Waals surface area contributed by atoms with E-state index in [2.05, 4.69) is 17.1 Å². The molecule has 1 heterocycles. The lowest BCUT2D eigenvalue weighted by atomic mass is 9.83. The molecule has 112 valence electrons. The highest BCUT2D eigenvalue weighted by atomic mass is 16.5. The molecular formula is C16H20N2O3. The van der Waals surface area contributed by atoms with Crippen LogP contribution in [0.1, 0.15) is 44.3 Å². The minimum Gasteiger partial charge on any atom is -0.504 e.